The molecule has 5 nitrogen and oxygen atoms in total. The fraction of sp³-hybridized carbons (Fsp3) is 0.429. The van der Waals surface area contributed by atoms with Crippen LogP contribution >= 0.6 is 0 Å². The van der Waals surface area contributed by atoms with Crippen molar-refractivity contribution in [2.45, 2.75) is 13.3 Å². The summed E-state index contributed by atoms with van der Waals surface area (Å²) in [5.41, 5.74) is 3.14. The maximum Gasteiger partial charge on any atom is 0.307 e. The summed E-state index contributed by atoms with van der Waals surface area (Å²) in [7, 11) is 5.37. The maximum atomic E-state index is 11.1. The van der Waals surface area contributed by atoms with Gasteiger partial charge in [0.1, 0.15) is 5.82 Å². The van der Waals surface area contributed by atoms with Gasteiger partial charge in [-0.25, -0.2) is 4.98 Å². The summed E-state index contributed by atoms with van der Waals surface area (Å²) in [6.07, 6.45) is 0.381. The van der Waals surface area contributed by atoms with Gasteiger partial charge in [-0.2, -0.15) is 0 Å². The van der Waals surface area contributed by atoms with Crippen LogP contribution in [0, 0.1) is 6.92 Å². The molecule has 0 aliphatic heterocycles. The van der Waals surface area contributed by atoms with Crippen LogP contribution in [0.3, 0.4) is 0 Å². The minimum atomic E-state index is -0.193. The number of hydrogen-bond acceptors (Lipinski definition) is 4. The van der Waals surface area contributed by atoms with Crippen molar-refractivity contribution in [3.63, 3.8) is 0 Å². The van der Waals surface area contributed by atoms with E-state index in [1.165, 1.54) is 7.11 Å². The Bertz CT molecular complexity index is 604. The van der Waals surface area contributed by atoms with Crippen molar-refractivity contribution in [2.24, 2.45) is 7.05 Å². The van der Waals surface area contributed by atoms with Gasteiger partial charge in [0.05, 0.1) is 24.6 Å². The highest BCUT2D eigenvalue weighted by molar-refractivity contribution is 5.80. The number of esters is 1. The number of methoxy groups -OCH3 is 1. The van der Waals surface area contributed by atoms with Crippen molar-refractivity contribution < 1.29 is 9.53 Å². The molecule has 1 aromatic carbocycles. The van der Waals surface area contributed by atoms with E-state index in [1.54, 1.807) is 0 Å². The van der Waals surface area contributed by atoms with E-state index in [1.807, 2.05) is 38.1 Å². The zero-order valence-corrected chi connectivity index (χ0v) is 11.8. The molecule has 2 rings (SSSR count). The van der Waals surface area contributed by atoms with Gasteiger partial charge in [0, 0.05) is 26.3 Å². The summed E-state index contributed by atoms with van der Waals surface area (Å²) in [5.74, 6) is 0.797. The third-order valence-electron chi connectivity index (χ3n) is 3.41. The third-order valence-corrected chi connectivity index (χ3v) is 3.41. The first-order chi connectivity index (χ1) is 9.02. The largest absolute Gasteiger partial charge is 0.469 e. The molecule has 0 aliphatic carbocycles. The number of benzene rings is 1. The number of hydrogen-bond donors (Lipinski definition) is 0. The molecule has 5 heteroatoms. The van der Waals surface area contributed by atoms with Crippen molar-refractivity contribution in [2.75, 3.05) is 25.6 Å². The van der Waals surface area contributed by atoms with Crippen LogP contribution in [0.25, 0.3) is 11.0 Å². The molecule has 0 spiro atoms. The number of carbonyl (C=O) groups excluding carboxylic acids is 1. The molecule has 102 valence electrons. The van der Waals surface area contributed by atoms with Crippen LogP contribution in [0.4, 0.5) is 5.69 Å². The Hall–Kier alpha value is -2.04. The average molecular weight is 261 g/mol. The van der Waals surface area contributed by atoms with Gasteiger partial charge in [-0.15, -0.1) is 0 Å². The fourth-order valence-corrected chi connectivity index (χ4v) is 2.04. The molecule has 0 bridgehead atoms. The molecule has 0 N–H and O–H groups in total. The Morgan fingerprint density at radius 3 is 2.89 bits per heavy atom. The number of nitrogens with zero attached hydrogens (tertiary/aromatic N) is 3. The second-order valence-electron chi connectivity index (χ2n) is 4.64. The number of anilines is 1. The van der Waals surface area contributed by atoms with Gasteiger partial charge in [0.25, 0.3) is 0 Å². The second kappa shape index (κ2) is 5.30. The normalized spacial score (nSPS) is 10.7. The number of imidazole rings is 1. The molecule has 0 unspecified atom stereocenters. The lowest BCUT2D eigenvalue weighted by molar-refractivity contribution is -0.140. The number of ether oxygens (including phenoxy) is 1. The standard InChI is InChI=1S/C14H19N3O2/c1-10-15-12-9-11(5-6-13(12)17(10)3)16(2)8-7-14(18)19-4/h5-6,9H,7-8H2,1-4H3. The molecule has 0 aliphatic rings. The van der Waals surface area contributed by atoms with Crippen LogP contribution in [0.5, 0.6) is 0 Å². The molecular formula is C14H19N3O2. The van der Waals surface area contributed by atoms with E-state index in [9.17, 15) is 4.79 Å². The summed E-state index contributed by atoms with van der Waals surface area (Å²) in [4.78, 5) is 17.7. The summed E-state index contributed by atoms with van der Waals surface area (Å²) in [6, 6.07) is 6.14. The Balaban J connectivity index is 2.18. The zero-order valence-electron chi connectivity index (χ0n) is 11.8. The van der Waals surface area contributed by atoms with Crippen molar-refractivity contribution in [3.05, 3.63) is 24.0 Å². The van der Waals surface area contributed by atoms with Crippen LogP contribution in [0.1, 0.15) is 12.2 Å². The highest BCUT2D eigenvalue weighted by Gasteiger charge is 2.09. The number of rotatable bonds is 4. The van der Waals surface area contributed by atoms with E-state index < -0.39 is 0 Å². The van der Waals surface area contributed by atoms with Crippen molar-refractivity contribution in [3.8, 4) is 0 Å². The SMILES string of the molecule is COC(=O)CCN(C)c1ccc2c(c1)nc(C)n2C. The molecule has 0 saturated carbocycles. The van der Waals surface area contributed by atoms with E-state index in [0.717, 1.165) is 22.5 Å². The summed E-state index contributed by atoms with van der Waals surface area (Å²) in [6.45, 7) is 2.62. The van der Waals surface area contributed by atoms with Gasteiger partial charge in [-0.05, 0) is 25.1 Å². The average Bonchev–Trinajstić information content (AvgIpc) is 2.70. The monoisotopic (exact) mass is 261 g/mol. The predicted molar refractivity (Wildman–Crippen MR) is 75.4 cm³/mol. The quantitative estimate of drug-likeness (QED) is 0.788. The Morgan fingerprint density at radius 2 is 2.21 bits per heavy atom. The Kier molecular flexibility index (Phi) is 3.74. The van der Waals surface area contributed by atoms with Gasteiger partial charge in [0.15, 0.2) is 0 Å². The van der Waals surface area contributed by atoms with E-state index in [2.05, 4.69) is 20.4 Å². The molecule has 1 heterocycles. The highest BCUT2D eigenvalue weighted by atomic mass is 16.5. The van der Waals surface area contributed by atoms with Crippen LogP contribution in [-0.2, 0) is 16.6 Å². The third kappa shape index (κ3) is 2.70. The lowest BCUT2D eigenvalue weighted by atomic mass is 10.2. The molecule has 1 aromatic heterocycles. The number of aryl methyl sites for hydroxylation is 2. The Labute approximate surface area is 112 Å². The molecule has 0 fully saturated rings. The Morgan fingerprint density at radius 1 is 1.47 bits per heavy atom. The topological polar surface area (TPSA) is 47.4 Å². The lowest BCUT2D eigenvalue weighted by Crippen LogP contribution is -2.21. The van der Waals surface area contributed by atoms with Crippen LogP contribution in [0.15, 0.2) is 18.2 Å². The minimum absolute atomic E-state index is 0.193. The van der Waals surface area contributed by atoms with Gasteiger partial charge >= 0.3 is 5.97 Å². The molecule has 0 amide bonds. The highest BCUT2D eigenvalue weighted by Crippen LogP contribution is 2.21. The van der Waals surface area contributed by atoms with Crippen LogP contribution in [0.2, 0.25) is 0 Å². The molecule has 19 heavy (non-hydrogen) atoms. The molecule has 0 atom stereocenters. The van der Waals surface area contributed by atoms with Crippen molar-refractivity contribution >= 4 is 22.7 Å². The van der Waals surface area contributed by atoms with E-state index >= 15 is 0 Å². The van der Waals surface area contributed by atoms with E-state index in [0.29, 0.717) is 13.0 Å². The number of aromatic nitrogens is 2. The van der Waals surface area contributed by atoms with Crippen molar-refractivity contribution in [1.82, 2.24) is 9.55 Å². The first-order valence-electron chi connectivity index (χ1n) is 6.24. The summed E-state index contributed by atoms with van der Waals surface area (Å²) < 4.78 is 6.71. The number of fused-ring (bicyclic) bond motifs is 1. The first kappa shape index (κ1) is 13.4. The molecular weight excluding hydrogens is 242 g/mol. The predicted octanol–water partition coefficient (Wildman–Crippen LogP) is 1.88. The van der Waals surface area contributed by atoms with Crippen LogP contribution < -0.4 is 4.90 Å². The van der Waals surface area contributed by atoms with Gasteiger partial charge in [-0.1, -0.05) is 0 Å². The smallest absolute Gasteiger partial charge is 0.307 e. The lowest BCUT2D eigenvalue weighted by Gasteiger charge is -2.18. The van der Waals surface area contributed by atoms with Gasteiger partial charge in [-0.3, -0.25) is 4.79 Å². The minimum Gasteiger partial charge on any atom is -0.469 e. The summed E-state index contributed by atoms with van der Waals surface area (Å²) in [5, 5.41) is 0. The van der Waals surface area contributed by atoms with E-state index in [-0.39, 0.29) is 5.97 Å². The maximum absolute atomic E-state index is 11.1. The molecule has 2 aromatic rings. The van der Waals surface area contributed by atoms with Crippen molar-refractivity contribution in [1.29, 1.82) is 0 Å². The fourth-order valence-electron chi connectivity index (χ4n) is 2.04. The zero-order chi connectivity index (χ0) is 14.0. The van der Waals surface area contributed by atoms with E-state index in [4.69, 9.17) is 0 Å². The van der Waals surface area contributed by atoms with Crippen LogP contribution in [-0.4, -0.2) is 36.2 Å². The number of carbonyl (C=O) groups is 1. The molecule has 0 saturated heterocycles. The summed E-state index contributed by atoms with van der Waals surface area (Å²) >= 11 is 0. The van der Waals surface area contributed by atoms with Gasteiger partial charge < -0.3 is 14.2 Å². The first-order valence-corrected chi connectivity index (χ1v) is 6.24. The second-order valence-corrected chi connectivity index (χ2v) is 4.64. The van der Waals surface area contributed by atoms with Gasteiger partial charge in [0.2, 0.25) is 0 Å². The molecule has 0 radical (unpaired) electrons.